The van der Waals surface area contributed by atoms with E-state index in [1.54, 1.807) is 0 Å². The topological polar surface area (TPSA) is 64.0 Å². The first-order chi connectivity index (χ1) is 8.13. The normalized spacial score (nSPS) is 10.5. The minimum Gasteiger partial charge on any atom is -0.384 e. The molecule has 0 bridgehead atoms. The molecule has 0 amide bonds. The summed E-state index contributed by atoms with van der Waals surface area (Å²) in [7, 11) is 0. The van der Waals surface area contributed by atoms with E-state index in [1.807, 2.05) is 18.4 Å². The third-order valence-electron chi connectivity index (χ3n) is 3.00. The number of ether oxygens (including phenoxy) is 1. The number of nitrogen functional groups attached to an aromatic ring is 1. The number of aromatic nitrogens is 1. The molecule has 0 unspecified atom stereocenters. The van der Waals surface area contributed by atoms with Gasteiger partial charge in [0.1, 0.15) is 11.9 Å². The molecule has 1 aromatic heterocycles. The molecular weight excluding hydrogens is 214 g/mol. The summed E-state index contributed by atoms with van der Waals surface area (Å²) in [5, 5.41) is 9.01. The van der Waals surface area contributed by atoms with Crippen LogP contribution in [0.15, 0.2) is 0 Å². The summed E-state index contributed by atoms with van der Waals surface area (Å²) in [5.74, 6) is 0.581. The molecule has 0 aliphatic rings. The second kappa shape index (κ2) is 6.31. The number of anilines is 1. The first kappa shape index (κ1) is 13.6. The van der Waals surface area contributed by atoms with E-state index < -0.39 is 0 Å². The molecule has 17 heavy (non-hydrogen) atoms. The summed E-state index contributed by atoms with van der Waals surface area (Å²) in [4.78, 5) is 0. The number of rotatable bonds is 6. The van der Waals surface area contributed by atoms with Gasteiger partial charge in [-0.1, -0.05) is 6.92 Å². The van der Waals surface area contributed by atoms with Gasteiger partial charge in [0.2, 0.25) is 0 Å². The molecule has 4 heteroatoms. The largest absolute Gasteiger partial charge is 0.384 e. The maximum Gasteiger partial charge on any atom is 0.122 e. The van der Waals surface area contributed by atoms with Gasteiger partial charge in [-0.2, -0.15) is 5.26 Å². The van der Waals surface area contributed by atoms with Crippen LogP contribution in [0.1, 0.15) is 36.6 Å². The molecule has 0 fully saturated rings. The molecule has 0 aliphatic carbocycles. The lowest BCUT2D eigenvalue weighted by Crippen LogP contribution is -2.08. The van der Waals surface area contributed by atoms with Gasteiger partial charge in [-0.15, -0.1) is 0 Å². The highest BCUT2D eigenvalue weighted by Gasteiger charge is 2.14. The van der Waals surface area contributed by atoms with Gasteiger partial charge in [-0.05, 0) is 32.3 Å². The Kier molecular flexibility index (Phi) is 5.05. The van der Waals surface area contributed by atoms with E-state index in [-0.39, 0.29) is 0 Å². The third kappa shape index (κ3) is 3.01. The number of nitrogens with zero attached hydrogens (tertiary/aromatic N) is 2. The van der Waals surface area contributed by atoms with Crippen LogP contribution in [-0.2, 0) is 11.3 Å². The molecule has 0 saturated heterocycles. The maximum absolute atomic E-state index is 9.01. The average Bonchev–Trinajstić information content (AvgIpc) is 2.52. The molecule has 2 N–H and O–H groups in total. The van der Waals surface area contributed by atoms with E-state index in [1.165, 1.54) is 0 Å². The van der Waals surface area contributed by atoms with E-state index in [0.29, 0.717) is 11.4 Å². The molecule has 0 radical (unpaired) electrons. The summed E-state index contributed by atoms with van der Waals surface area (Å²) in [6.45, 7) is 8.39. The van der Waals surface area contributed by atoms with Crippen LogP contribution < -0.4 is 5.73 Å². The lowest BCUT2D eigenvalue weighted by Gasteiger charge is -2.09. The Hall–Kier alpha value is -1.47. The zero-order valence-electron chi connectivity index (χ0n) is 10.9. The molecule has 0 atom stereocenters. The molecule has 94 valence electrons. The standard InChI is InChI=1S/C13H21N3O/c1-4-7-17-8-5-6-16-11(3)10(2)12(9-14)13(16)15/h4-8,15H2,1-3H3. The number of nitrogens with two attached hydrogens (primary N) is 1. The Balaban J connectivity index is 2.63. The third-order valence-corrected chi connectivity index (χ3v) is 3.00. The molecule has 1 heterocycles. The molecule has 4 nitrogen and oxygen atoms in total. The van der Waals surface area contributed by atoms with Gasteiger partial charge in [0, 0.05) is 25.5 Å². The SMILES string of the molecule is CCCOCCCn1c(C)c(C)c(C#N)c1N. The molecule has 1 aromatic rings. The molecule has 0 aliphatic heterocycles. The summed E-state index contributed by atoms with van der Waals surface area (Å²) in [6, 6.07) is 2.16. The molecule has 0 spiro atoms. The fraction of sp³-hybridized carbons (Fsp3) is 0.615. The number of hydrogen-bond acceptors (Lipinski definition) is 3. The number of nitriles is 1. The van der Waals surface area contributed by atoms with E-state index in [4.69, 9.17) is 15.7 Å². The highest BCUT2D eigenvalue weighted by atomic mass is 16.5. The van der Waals surface area contributed by atoms with Crippen LogP contribution in [0.2, 0.25) is 0 Å². The van der Waals surface area contributed by atoms with Crippen molar-refractivity contribution in [2.45, 2.75) is 40.2 Å². The van der Waals surface area contributed by atoms with Gasteiger partial charge >= 0.3 is 0 Å². The van der Waals surface area contributed by atoms with E-state index in [2.05, 4.69) is 13.0 Å². The van der Waals surface area contributed by atoms with Crippen molar-refractivity contribution in [3.63, 3.8) is 0 Å². The van der Waals surface area contributed by atoms with E-state index in [9.17, 15) is 0 Å². The van der Waals surface area contributed by atoms with Crippen LogP contribution in [0.5, 0.6) is 0 Å². The summed E-state index contributed by atoms with van der Waals surface area (Å²) in [5.41, 5.74) is 8.63. The van der Waals surface area contributed by atoms with Crippen LogP contribution in [0, 0.1) is 25.2 Å². The highest BCUT2D eigenvalue weighted by Crippen LogP contribution is 2.23. The smallest absolute Gasteiger partial charge is 0.122 e. The monoisotopic (exact) mass is 235 g/mol. The summed E-state index contributed by atoms with van der Waals surface area (Å²) >= 11 is 0. The van der Waals surface area contributed by atoms with Crippen LogP contribution in [0.4, 0.5) is 5.82 Å². The molecule has 0 aromatic carbocycles. The highest BCUT2D eigenvalue weighted by molar-refractivity contribution is 5.57. The minimum absolute atomic E-state index is 0.581. The van der Waals surface area contributed by atoms with Crippen molar-refractivity contribution in [1.29, 1.82) is 5.26 Å². The van der Waals surface area contributed by atoms with Gasteiger partial charge in [0.25, 0.3) is 0 Å². The summed E-state index contributed by atoms with van der Waals surface area (Å²) in [6.07, 6.45) is 1.96. The van der Waals surface area contributed by atoms with Crippen molar-refractivity contribution in [3.8, 4) is 6.07 Å². The van der Waals surface area contributed by atoms with Gasteiger partial charge in [-0.25, -0.2) is 0 Å². The van der Waals surface area contributed by atoms with Gasteiger partial charge in [-0.3, -0.25) is 0 Å². The second-order valence-electron chi connectivity index (χ2n) is 4.20. The first-order valence-electron chi connectivity index (χ1n) is 6.06. The quantitative estimate of drug-likeness (QED) is 0.770. The van der Waals surface area contributed by atoms with Gasteiger partial charge in [0.05, 0.1) is 5.56 Å². The van der Waals surface area contributed by atoms with Crippen LogP contribution in [-0.4, -0.2) is 17.8 Å². The predicted molar refractivity (Wildman–Crippen MR) is 68.8 cm³/mol. The average molecular weight is 235 g/mol. The Morgan fingerprint density at radius 3 is 2.59 bits per heavy atom. The van der Waals surface area contributed by atoms with E-state index >= 15 is 0 Å². The zero-order chi connectivity index (χ0) is 12.8. The van der Waals surface area contributed by atoms with Gasteiger partial charge in [0.15, 0.2) is 0 Å². The maximum atomic E-state index is 9.01. The Morgan fingerprint density at radius 2 is 2.06 bits per heavy atom. The number of hydrogen-bond donors (Lipinski definition) is 1. The lowest BCUT2D eigenvalue weighted by molar-refractivity contribution is 0.129. The lowest BCUT2D eigenvalue weighted by atomic mass is 10.2. The Bertz CT molecular complexity index is 415. The molecule has 1 rings (SSSR count). The zero-order valence-corrected chi connectivity index (χ0v) is 10.9. The fourth-order valence-electron chi connectivity index (χ4n) is 1.89. The van der Waals surface area contributed by atoms with Crippen molar-refractivity contribution in [2.75, 3.05) is 18.9 Å². The summed E-state index contributed by atoms with van der Waals surface area (Å²) < 4.78 is 7.43. The second-order valence-corrected chi connectivity index (χ2v) is 4.20. The van der Waals surface area contributed by atoms with Crippen molar-refractivity contribution in [3.05, 3.63) is 16.8 Å². The van der Waals surface area contributed by atoms with Crippen LogP contribution in [0.3, 0.4) is 0 Å². The Morgan fingerprint density at radius 1 is 1.35 bits per heavy atom. The van der Waals surface area contributed by atoms with E-state index in [0.717, 1.165) is 43.9 Å². The molecule has 0 saturated carbocycles. The Labute approximate surface area is 103 Å². The predicted octanol–water partition coefficient (Wildman–Crippen LogP) is 2.38. The van der Waals surface area contributed by atoms with Crippen molar-refractivity contribution < 1.29 is 4.74 Å². The van der Waals surface area contributed by atoms with Gasteiger partial charge < -0.3 is 15.0 Å². The fourth-order valence-corrected chi connectivity index (χ4v) is 1.89. The van der Waals surface area contributed by atoms with Crippen LogP contribution >= 0.6 is 0 Å². The van der Waals surface area contributed by atoms with Crippen molar-refractivity contribution in [1.82, 2.24) is 4.57 Å². The van der Waals surface area contributed by atoms with Crippen molar-refractivity contribution >= 4 is 5.82 Å². The minimum atomic E-state index is 0.581. The first-order valence-corrected chi connectivity index (χ1v) is 6.06. The van der Waals surface area contributed by atoms with Crippen molar-refractivity contribution in [2.24, 2.45) is 0 Å². The van der Waals surface area contributed by atoms with Crippen LogP contribution in [0.25, 0.3) is 0 Å². The molecular formula is C13H21N3O.